The van der Waals surface area contributed by atoms with Crippen molar-refractivity contribution in [3.05, 3.63) is 95.1 Å². The van der Waals surface area contributed by atoms with Gasteiger partial charge in [0.15, 0.2) is 0 Å². The molecule has 2 bridgehead atoms. The summed E-state index contributed by atoms with van der Waals surface area (Å²) in [4.78, 5) is 13.0. The van der Waals surface area contributed by atoms with Crippen LogP contribution in [0.3, 0.4) is 0 Å². The molecule has 168 valence electrons. The SMILES string of the molecule is COc1ccc(CNC(=O)c2ccc3c(c2)[C@@H]2[C@H]4CC[C@@H](C4)[C@@H]2[C@@H](c2ccccc2)N3)cc1. The van der Waals surface area contributed by atoms with Crippen molar-refractivity contribution < 1.29 is 9.53 Å². The summed E-state index contributed by atoms with van der Waals surface area (Å²) in [5.74, 6) is 3.47. The van der Waals surface area contributed by atoms with Crippen LogP contribution in [0, 0.1) is 17.8 Å². The maximum Gasteiger partial charge on any atom is 0.251 e. The second-order valence-electron chi connectivity index (χ2n) is 9.80. The minimum absolute atomic E-state index is 0.0153. The normalized spacial score (nSPS) is 26.8. The Labute approximate surface area is 195 Å². The van der Waals surface area contributed by atoms with Crippen LogP contribution in [-0.2, 0) is 6.54 Å². The van der Waals surface area contributed by atoms with E-state index in [1.54, 1.807) is 7.11 Å². The Bertz CT molecular complexity index is 1160. The van der Waals surface area contributed by atoms with E-state index in [2.05, 4.69) is 53.1 Å². The number of rotatable bonds is 5. The van der Waals surface area contributed by atoms with Crippen LogP contribution in [0.2, 0.25) is 0 Å². The monoisotopic (exact) mass is 438 g/mol. The predicted molar refractivity (Wildman–Crippen MR) is 130 cm³/mol. The Balaban J connectivity index is 1.26. The summed E-state index contributed by atoms with van der Waals surface area (Å²) in [6.07, 6.45) is 3.99. The van der Waals surface area contributed by atoms with Gasteiger partial charge in [0.1, 0.15) is 5.75 Å². The summed E-state index contributed by atoms with van der Waals surface area (Å²) < 4.78 is 5.21. The molecule has 1 heterocycles. The average molecular weight is 439 g/mol. The Morgan fingerprint density at radius 3 is 2.58 bits per heavy atom. The summed E-state index contributed by atoms with van der Waals surface area (Å²) in [6, 6.07) is 25.3. The minimum Gasteiger partial charge on any atom is -0.497 e. The lowest BCUT2D eigenvalue weighted by atomic mass is 9.68. The molecule has 2 aliphatic carbocycles. The largest absolute Gasteiger partial charge is 0.497 e. The third kappa shape index (κ3) is 3.58. The van der Waals surface area contributed by atoms with Gasteiger partial charge in [0.25, 0.3) is 5.91 Å². The van der Waals surface area contributed by atoms with E-state index in [0.29, 0.717) is 24.4 Å². The Hall–Kier alpha value is -3.27. The molecule has 5 atom stereocenters. The smallest absolute Gasteiger partial charge is 0.251 e. The highest BCUT2D eigenvalue weighted by atomic mass is 16.5. The first kappa shape index (κ1) is 20.3. The first-order chi connectivity index (χ1) is 16.2. The van der Waals surface area contributed by atoms with Crippen LogP contribution in [0.5, 0.6) is 5.75 Å². The number of methoxy groups -OCH3 is 1. The molecular formula is C29H30N2O2. The third-order valence-corrected chi connectivity index (χ3v) is 8.12. The van der Waals surface area contributed by atoms with E-state index in [4.69, 9.17) is 4.74 Å². The van der Waals surface area contributed by atoms with Gasteiger partial charge in [0.05, 0.1) is 13.2 Å². The highest BCUT2D eigenvalue weighted by Crippen LogP contribution is 2.63. The lowest BCUT2D eigenvalue weighted by Crippen LogP contribution is -2.35. The van der Waals surface area contributed by atoms with Crippen LogP contribution >= 0.6 is 0 Å². The number of fused-ring (bicyclic) bond motifs is 7. The van der Waals surface area contributed by atoms with Gasteiger partial charge in [0.2, 0.25) is 0 Å². The lowest BCUT2D eigenvalue weighted by Gasteiger charge is -2.43. The number of hydrogen-bond donors (Lipinski definition) is 2. The van der Waals surface area contributed by atoms with Gasteiger partial charge >= 0.3 is 0 Å². The van der Waals surface area contributed by atoms with E-state index in [1.807, 2.05) is 30.3 Å². The first-order valence-corrected chi connectivity index (χ1v) is 12.1. The topological polar surface area (TPSA) is 50.4 Å². The predicted octanol–water partition coefficient (Wildman–Crippen LogP) is 5.92. The Morgan fingerprint density at radius 1 is 1.00 bits per heavy atom. The molecule has 3 aliphatic rings. The molecule has 0 radical (unpaired) electrons. The van der Waals surface area contributed by atoms with Crippen LogP contribution in [0.15, 0.2) is 72.8 Å². The fraction of sp³-hybridized carbons (Fsp3) is 0.345. The molecule has 33 heavy (non-hydrogen) atoms. The first-order valence-electron chi connectivity index (χ1n) is 12.1. The van der Waals surface area contributed by atoms with Gasteiger partial charge in [0, 0.05) is 17.8 Å². The van der Waals surface area contributed by atoms with Crippen molar-refractivity contribution in [1.82, 2.24) is 5.32 Å². The van der Waals surface area contributed by atoms with Crippen molar-refractivity contribution in [3.8, 4) is 5.75 Å². The molecule has 2 fully saturated rings. The molecule has 2 N–H and O–H groups in total. The van der Waals surface area contributed by atoms with Crippen LogP contribution in [-0.4, -0.2) is 13.0 Å². The van der Waals surface area contributed by atoms with Gasteiger partial charge in [-0.05, 0) is 90.0 Å². The zero-order valence-electron chi connectivity index (χ0n) is 19.0. The lowest BCUT2D eigenvalue weighted by molar-refractivity contribution is 0.0950. The van der Waals surface area contributed by atoms with Crippen molar-refractivity contribution in [1.29, 1.82) is 0 Å². The average Bonchev–Trinajstić information content (AvgIpc) is 3.50. The van der Waals surface area contributed by atoms with Crippen molar-refractivity contribution in [2.75, 3.05) is 12.4 Å². The van der Waals surface area contributed by atoms with Gasteiger partial charge in [-0.15, -0.1) is 0 Å². The number of benzene rings is 3. The number of carbonyl (C=O) groups excluding carboxylic acids is 1. The fourth-order valence-electron chi connectivity index (χ4n) is 6.65. The van der Waals surface area contributed by atoms with E-state index in [0.717, 1.165) is 28.7 Å². The number of nitrogens with one attached hydrogen (secondary N) is 2. The second kappa shape index (κ2) is 8.26. The molecule has 0 unspecified atom stereocenters. The molecule has 3 aromatic rings. The van der Waals surface area contributed by atoms with Gasteiger partial charge in [-0.2, -0.15) is 0 Å². The van der Waals surface area contributed by atoms with Crippen LogP contribution in [0.25, 0.3) is 0 Å². The summed E-state index contributed by atoms with van der Waals surface area (Å²) in [5, 5.41) is 6.95. The van der Waals surface area contributed by atoms with Crippen molar-refractivity contribution in [3.63, 3.8) is 0 Å². The number of amides is 1. The molecule has 3 aromatic carbocycles. The highest BCUT2D eigenvalue weighted by molar-refractivity contribution is 5.95. The van der Waals surface area contributed by atoms with E-state index >= 15 is 0 Å². The number of anilines is 1. The molecule has 4 nitrogen and oxygen atoms in total. The Kier molecular flexibility index (Phi) is 5.09. The molecule has 0 saturated heterocycles. The number of carbonyl (C=O) groups is 1. The van der Waals surface area contributed by atoms with E-state index in [9.17, 15) is 4.79 Å². The Morgan fingerprint density at radius 2 is 1.79 bits per heavy atom. The summed E-state index contributed by atoms with van der Waals surface area (Å²) >= 11 is 0. The maximum absolute atomic E-state index is 13.0. The molecule has 1 aliphatic heterocycles. The minimum atomic E-state index is -0.0153. The zero-order valence-corrected chi connectivity index (χ0v) is 19.0. The van der Waals surface area contributed by atoms with Gasteiger partial charge in [-0.25, -0.2) is 0 Å². The van der Waals surface area contributed by atoms with Gasteiger partial charge < -0.3 is 15.4 Å². The van der Waals surface area contributed by atoms with E-state index < -0.39 is 0 Å². The molecule has 6 rings (SSSR count). The highest BCUT2D eigenvalue weighted by Gasteiger charge is 2.53. The molecule has 0 aromatic heterocycles. The summed E-state index contributed by atoms with van der Waals surface area (Å²) in [7, 11) is 1.66. The number of hydrogen-bond acceptors (Lipinski definition) is 3. The van der Waals surface area contributed by atoms with Crippen LogP contribution in [0.1, 0.15) is 58.3 Å². The molecule has 1 amide bonds. The van der Waals surface area contributed by atoms with Crippen molar-refractivity contribution in [2.45, 2.75) is 37.8 Å². The zero-order chi connectivity index (χ0) is 22.4. The molecule has 0 spiro atoms. The maximum atomic E-state index is 13.0. The van der Waals surface area contributed by atoms with Crippen molar-refractivity contribution >= 4 is 11.6 Å². The molecule has 4 heteroatoms. The summed E-state index contributed by atoms with van der Waals surface area (Å²) in [6.45, 7) is 0.505. The van der Waals surface area contributed by atoms with Crippen LogP contribution < -0.4 is 15.4 Å². The van der Waals surface area contributed by atoms with Crippen molar-refractivity contribution in [2.24, 2.45) is 17.8 Å². The van der Waals surface area contributed by atoms with E-state index in [-0.39, 0.29) is 5.91 Å². The molecular weight excluding hydrogens is 408 g/mol. The van der Waals surface area contributed by atoms with E-state index in [1.165, 1.54) is 36.1 Å². The summed E-state index contributed by atoms with van der Waals surface area (Å²) in [5.41, 5.74) is 5.74. The quantitative estimate of drug-likeness (QED) is 0.520. The second-order valence-corrected chi connectivity index (χ2v) is 9.80. The molecule has 2 saturated carbocycles. The fourth-order valence-corrected chi connectivity index (χ4v) is 6.65. The standard InChI is InChI=1S/C29H30N2O2/c1-33-23-12-7-18(8-13-23)17-30-29(32)22-11-14-25-24(16-22)26-20-9-10-21(15-20)27(26)28(31-25)19-5-3-2-4-6-19/h2-8,11-14,16,20-21,26-28,31H,9-10,15,17H2,1H3,(H,30,32)/t20-,21-,26-,27-,28+/m0/s1. The third-order valence-electron chi connectivity index (χ3n) is 8.12. The number of ether oxygens (including phenoxy) is 1. The van der Waals surface area contributed by atoms with Crippen LogP contribution in [0.4, 0.5) is 5.69 Å². The van der Waals surface area contributed by atoms with Gasteiger partial charge in [-0.3, -0.25) is 4.79 Å². The van der Waals surface area contributed by atoms with Gasteiger partial charge in [-0.1, -0.05) is 42.5 Å².